The van der Waals surface area contributed by atoms with Gasteiger partial charge in [0.1, 0.15) is 0 Å². The summed E-state index contributed by atoms with van der Waals surface area (Å²) in [7, 11) is 0. The van der Waals surface area contributed by atoms with Crippen LogP contribution in [0.5, 0.6) is 0 Å². The van der Waals surface area contributed by atoms with Gasteiger partial charge in [-0.15, -0.1) is 11.3 Å². The van der Waals surface area contributed by atoms with Crippen molar-refractivity contribution in [2.45, 2.75) is 32.6 Å². The van der Waals surface area contributed by atoms with Gasteiger partial charge in [-0.2, -0.15) is 0 Å². The van der Waals surface area contributed by atoms with E-state index in [1.54, 1.807) is 11.3 Å². The van der Waals surface area contributed by atoms with Crippen LogP contribution in [0, 0.1) is 6.92 Å². The van der Waals surface area contributed by atoms with Crippen LogP contribution in [0.4, 0.5) is 11.4 Å². The number of hydrogen-bond acceptors (Lipinski definition) is 3. The van der Waals surface area contributed by atoms with E-state index in [0.717, 1.165) is 34.7 Å². The Labute approximate surface area is 122 Å². The van der Waals surface area contributed by atoms with Crippen LogP contribution in [0.25, 0.3) is 0 Å². The Balaban J connectivity index is 1.78. The van der Waals surface area contributed by atoms with Crippen LogP contribution < -0.4 is 11.1 Å². The third kappa shape index (κ3) is 2.56. The van der Waals surface area contributed by atoms with Crippen molar-refractivity contribution in [3.8, 4) is 0 Å². The molecule has 0 bridgehead atoms. The molecule has 3 rings (SSSR count). The molecule has 3 N–H and O–H groups in total. The van der Waals surface area contributed by atoms with Crippen molar-refractivity contribution >= 4 is 28.6 Å². The summed E-state index contributed by atoms with van der Waals surface area (Å²) in [6, 6.07) is 7.62. The highest BCUT2D eigenvalue weighted by molar-refractivity contribution is 7.14. The standard InChI is InChI=1S/C16H18N2OS/c1-10-8-12(6-7-13(10)17)18-16(19)15-9-11-4-2-3-5-14(11)20-15/h6-9H,2-5,17H2,1H3,(H,18,19). The number of anilines is 2. The van der Waals surface area contributed by atoms with Gasteiger partial charge in [-0.1, -0.05) is 0 Å². The zero-order valence-corrected chi connectivity index (χ0v) is 12.3. The Morgan fingerprint density at radius 1 is 1.25 bits per heavy atom. The number of carbonyl (C=O) groups excluding carboxylic acids is 1. The fourth-order valence-electron chi connectivity index (χ4n) is 2.55. The largest absolute Gasteiger partial charge is 0.399 e. The average molecular weight is 286 g/mol. The molecule has 1 heterocycles. The van der Waals surface area contributed by atoms with E-state index in [9.17, 15) is 4.79 Å². The maximum Gasteiger partial charge on any atom is 0.265 e. The summed E-state index contributed by atoms with van der Waals surface area (Å²) in [5.74, 6) is -0.0198. The molecule has 4 heteroatoms. The second kappa shape index (κ2) is 5.29. The molecule has 2 aromatic rings. The highest BCUT2D eigenvalue weighted by Gasteiger charge is 2.17. The zero-order valence-electron chi connectivity index (χ0n) is 11.5. The highest BCUT2D eigenvalue weighted by Crippen LogP contribution is 2.30. The van der Waals surface area contributed by atoms with E-state index >= 15 is 0 Å². The summed E-state index contributed by atoms with van der Waals surface area (Å²) < 4.78 is 0. The Morgan fingerprint density at radius 3 is 2.80 bits per heavy atom. The van der Waals surface area contributed by atoms with E-state index in [4.69, 9.17) is 5.73 Å². The van der Waals surface area contributed by atoms with Crippen molar-refractivity contribution in [2.75, 3.05) is 11.1 Å². The van der Waals surface area contributed by atoms with E-state index in [2.05, 4.69) is 11.4 Å². The third-order valence-corrected chi connectivity index (χ3v) is 4.98. The molecular weight excluding hydrogens is 268 g/mol. The first-order valence-corrected chi connectivity index (χ1v) is 7.74. The van der Waals surface area contributed by atoms with E-state index < -0.39 is 0 Å². The van der Waals surface area contributed by atoms with Crippen LogP contribution in [-0.4, -0.2) is 5.91 Å². The number of hydrogen-bond donors (Lipinski definition) is 2. The number of carbonyl (C=O) groups is 1. The van der Waals surface area contributed by atoms with E-state index in [1.807, 2.05) is 25.1 Å². The lowest BCUT2D eigenvalue weighted by Crippen LogP contribution is -2.10. The molecule has 0 fully saturated rings. The fourth-order valence-corrected chi connectivity index (χ4v) is 3.70. The van der Waals surface area contributed by atoms with Gasteiger partial charge in [0.05, 0.1) is 4.88 Å². The van der Waals surface area contributed by atoms with Gasteiger partial charge in [0.2, 0.25) is 0 Å². The molecule has 1 amide bonds. The predicted octanol–water partition coefficient (Wildman–Crippen LogP) is 3.77. The summed E-state index contributed by atoms with van der Waals surface area (Å²) in [5.41, 5.74) is 9.67. The number of rotatable bonds is 2. The van der Waals surface area contributed by atoms with Crippen LogP contribution >= 0.6 is 11.3 Å². The number of fused-ring (bicyclic) bond motifs is 1. The van der Waals surface area contributed by atoms with Crippen molar-refractivity contribution in [1.29, 1.82) is 0 Å². The molecule has 1 aromatic carbocycles. The Kier molecular flexibility index (Phi) is 3.49. The molecule has 0 radical (unpaired) electrons. The topological polar surface area (TPSA) is 55.1 Å². The summed E-state index contributed by atoms with van der Waals surface area (Å²) >= 11 is 1.63. The van der Waals surface area contributed by atoms with Crippen LogP contribution in [0.15, 0.2) is 24.3 Å². The SMILES string of the molecule is Cc1cc(NC(=O)c2cc3c(s2)CCCC3)ccc1N. The smallest absolute Gasteiger partial charge is 0.265 e. The minimum Gasteiger partial charge on any atom is -0.399 e. The summed E-state index contributed by atoms with van der Waals surface area (Å²) in [5, 5.41) is 2.95. The Hall–Kier alpha value is -1.81. The zero-order chi connectivity index (χ0) is 14.1. The summed E-state index contributed by atoms with van der Waals surface area (Å²) in [6.07, 6.45) is 4.71. The van der Waals surface area contributed by atoms with Gasteiger partial charge < -0.3 is 11.1 Å². The van der Waals surface area contributed by atoms with Crippen molar-refractivity contribution < 1.29 is 4.79 Å². The molecule has 1 aliphatic carbocycles. The van der Waals surface area contributed by atoms with Crippen molar-refractivity contribution in [2.24, 2.45) is 0 Å². The first kappa shape index (κ1) is 13.2. The number of nitrogens with two attached hydrogens (primary N) is 1. The van der Waals surface area contributed by atoms with E-state index in [-0.39, 0.29) is 5.91 Å². The van der Waals surface area contributed by atoms with Crippen molar-refractivity contribution in [1.82, 2.24) is 0 Å². The molecule has 104 valence electrons. The molecule has 0 atom stereocenters. The normalized spacial score (nSPS) is 13.8. The number of nitrogens with one attached hydrogen (secondary N) is 1. The van der Waals surface area contributed by atoms with Gasteiger partial charge >= 0.3 is 0 Å². The summed E-state index contributed by atoms with van der Waals surface area (Å²) in [4.78, 5) is 14.5. The molecule has 1 aromatic heterocycles. The lowest BCUT2D eigenvalue weighted by Gasteiger charge is -2.08. The molecule has 0 unspecified atom stereocenters. The number of thiophene rings is 1. The first-order valence-electron chi connectivity index (χ1n) is 6.92. The number of aryl methyl sites for hydroxylation is 3. The molecule has 0 aliphatic heterocycles. The van der Waals surface area contributed by atoms with Gasteiger partial charge in [-0.25, -0.2) is 0 Å². The van der Waals surface area contributed by atoms with Crippen LogP contribution in [-0.2, 0) is 12.8 Å². The fraction of sp³-hybridized carbons (Fsp3) is 0.312. The minimum absolute atomic E-state index is 0.0198. The maximum atomic E-state index is 12.3. The number of amides is 1. The van der Waals surface area contributed by atoms with Gasteiger partial charge in [-0.05, 0) is 68.0 Å². The molecule has 0 saturated carbocycles. The van der Waals surface area contributed by atoms with Crippen molar-refractivity contribution in [3.05, 3.63) is 45.1 Å². The first-order chi connectivity index (χ1) is 9.63. The highest BCUT2D eigenvalue weighted by atomic mass is 32.1. The number of benzene rings is 1. The van der Waals surface area contributed by atoms with Gasteiger partial charge in [0, 0.05) is 16.3 Å². The Bertz CT molecular complexity index is 637. The maximum absolute atomic E-state index is 12.3. The van der Waals surface area contributed by atoms with Gasteiger partial charge in [0.25, 0.3) is 5.91 Å². The monoisotopic (exact) mass is 286 g/mol. The van der Waals surface area contributed by atoms with E-state index in [1.165, 1.54) is 23.3 Å². The third-order valence-electron chi connectivity index (χ3n) is 3.75. The molecule has 1 aliphatic rings. The molecule has 0 saturated heterocycles. The molecule has 20 heavy (non-hydrogen) atoms. The molecular formula is C16H18N2OS. The number of nitrogen functional groups attached to an aromatic ring is 1. The van der Waals surface area contributed by atoms with Crippen LogP contribution in [0.2, 0.25) is 0 Å². The van der Waals surface area contributed by atoms with Crippen molar-refractivity contribution in [3.63, 3.8) is 0 Å². The van der Waals surface area contributed by atoms with Crippen LogP contribution in [0.1, 0.15) is 38.5 Å². The minimum atomic E-state index is -0.0198. The van der Waals surface area contributed by atoms with Gasteiger partial charge in [-0.3, -0.25) is 4.79 Å². The Morgan fingerprint density at radius 2 is 2.05 bits per heavy atom. The second-order valence-electron chi connectivity index (χ2n) is 5.29. The lowest BCUT2D eigenvalue weighted by atomic mass is 9.99. The molecule has 0 spiro atoms. The lowest BCUT2D eigenvalue weighted by molar-refractivity contribution is 0.103. The van der Waals surface area contributed by atoms with E-state index in [0.29, 0.717) is 0 Å². The quantitative estimate of drug-likeness (QED) is 0.826. The molecule has 3 nitrogen and oxygen atoms in total. The van der Waals surface area contributed by atoms with Crippen LogP contribution in [0.3, 0.4) is 0 Å². The summed E-state index contributed by atoms with van der Waals surface area (Å²) in [6.45, 7) is 1.94. The average Bonchev–Trinajstić information content (AvgIpc) is 2.87. The predicted molar refractivity (Wildman–Crippen MR) is 84.5 cm³/mol. The second-order valence-corrected chi connectivity index (χ2v) is 6.43. The van der Waals surface area contributed by atoms with Gasteiger partial charge in [0.15, 0.2) is 0 Å².